The smallest absolute Gasteiger partial charge is 0.385 e. The van der Waals surface area contributed by atoms with Gasteiger partial charge in [-0.3, -0.25) is 9.59 Å². The summed E-state index contributed by atoms with van der Waals surface area (Å²) in [4.78, 5) is 27.6. The SMILES string of the molecule is CCNc1cc(C(=O)N[C@@H](Cc2ccccc2)[C@H](O)C[NH2+]Cc2cccc(C(F)(F)F)c2)cc(N2CCCC2=O)c1. The van der Waals surface area contributed by atoms with Crippen molar-refractivity contribution in [3.63, 3.8) is 0 Å². The minimum absolute atomic E-state index is 0.0127. The number of carbonyl (C=O) groups is 2. The van der Waals surface area contributed by atoms with E-state index in [1.807, 2.05) is 43.3 Å². The number of quaternary nitrogens is 1. The molecule has 0 bridgehead atoms. The van der Waals surface area contributed by atoms with Crippen LogP contribution in [-0.2, 0) is 23.9 Å². The van der Waals surface area contributed by atoms with Gasteiger partial charge in [0.05, 0.1) is 11.6 Å². The van der Waals surface area contributed by atoms with Gasteiger partial charge < -0.3 is 26.0 Å². The van der Waals surface area contributed by atoms with Crippen LogP contribution in [0.4, 0.5) is 24.5 Å². The third-order valence-electron chi connectivity index (χ3n) is 7.07. The normalized spacial score (nSPS) is 15.0. The van der Waals surface area contributed by atoms with E-state index in [-0.39, 0.29) is 19.0 Å². The van der Waals surface area contributed by atoms with Gasteiger partial charge in [0.2, 0.25) is 5.91 Å². The average Bonchev–Trinajstić information content (AvgIpc) is 3.38. The summed E-state index contributed by atoms with van der Waals surface area (Å²) in [5.41, 5.74) is 2.40. The topological polar surface area (TPSA) is 98.3 Å². The van der Waals surface area contributed by atoms with E-state index >= 15 is 0 Å². The van der Waals surface area contributed by atoms with Crippen molar-refractivity contribution in [3.05, 3.63) is 95.1 Å². The molecule has 3 aromatic rings. The lowest BCUT2D eigenvalue weighted by Crippen LogP contribution is -2.85. The summed E-state index contributed by atoms with van der Waals surface area (Å²) in [6.07, 6.45) is -3.83. The Morgan fingerprint density at radius 2 is 1.80 bits per heavy atom. The van der Waals surface area contributed by atoms with Crippen molar-refractivity contribution < 1.29 is 33.2 Å². The molecule has 1 heterocycles. The molecule has 0 spiro atoms. The van der Waals surface area contributed by atoms with E-state index in [2.05, 4.69) is 10.6 Å². The first-order valence-corrected chi connectivity index (χ1v) is 13.8. The van der Waals surface area contributed by atoms with E-state index in [1.165, 1.54) is 6.07 Å². The van der Waals surface area contributed by atoms with E-state index in [1.54, 1.807) is 28.4 Å². The molecule has 2 amide bonds. The Balaban J connectivity index is 1.49. The average molecular weight is 570 g/mol. The van der Waals surface area contributed by atoms with Gasteiger partial charge in [-0.1, -0.05) is 42.5 Å². The molecule has 3 aromatic carbocycles. The molecule has 1 aliphatic heterocycles. The standard InChI is InChI=1S/C31H35F3N4O3/c1-2-36-25-16-23(17-26(18-25)38-13-7-12-29(38)40)30(41)37-27(15-21-8-4-3-5-9-21)28(39)20-35-19-22-10-6-11-24(14-22)31(32,33)34/h3-6,8-11,14,16-18,27-28,35-36,39H,2,7,12-13,15,19-20H2,1H3,(H,37,41)/p+1/t27-,28+/m0/s1. The maximum atomic E-state index is 13.5. The number of hydrogen-bond acceptors (Lipinski definition) is 4. The zero-order valence-corrected chi connectivity index (χ0v) is 23.0. The fourth-order valence-corrected chi connectivity index (χ4v) is 4.99. The van der Waals surface area contributed by atoms with Crippen molar-refractivity contribution in [2.75, 3.05) is 29.9 Å². The maximum Gasteiger partial charge on any atom is 0.416 e. The van der Waals surface area contributed by atoms with Crippen LogP contribution in [0.1, 0.15) is 46.8 Å². The molecule has 2 atom stereocenters. The van der Waals surface area contributed by atoms with Crippen LogP contribution in [0.3, 0.4) is 0 Å². The van der Waals surface area contributed by atoms with Crippen molar-refractivity contribution in [2.24, 2.45) is 0 Å². The maximum absolute atomic E-state index is 13.5. The van der Waals surface area contributed by atoms with Gasteiger partial charge in [-0.2, -0.15) is 13.2 Å². The summed E-state index contributed by atoms with van der Waals surface area (Å²) in [5.74, 6) is -0.380. The molecular weight excluding hydrogens is 533 g/mol. The fraction of sp³-hybridized carbons (Fsp3) is 0.355. The molecule has 1 saturated heterocycles. The number of nitrogens with zero attached hydrogens (tertiary/aromatic N) is 1. The Kier molecular flexibility index (Phi) is 10.0. The minimum atomic E-state index is -4.42. The van der Waals surface area contributed by atoms with E-state index in [0.717, 1.165) is 24.1 Å². The van der Waals surface area contributed by atoms with Gasteiger partial charge in [-0.25, -0.2) is 0 Å². The number of halogens is 3. The van der Waals surface area contributed by atoms with E-state index in [9.17, 15) is 27.9 Å². The summed E-state index contributed by atoms with van der Waals surface area (Å²) >= 11 is 0. The number of nitrogens with one attached hydrogen (secondary N) is 2. The summed E-state index contributed by atoms with van der Waals surface area (Å²) in [7, 11) is 0. The summed E-state index contributed by atoms with van der Waals surface area (Å²) in [5, 5.41) is 19.0. The van der Waals surface area contributed by atoms with Gasteiger partial charge in [0, 0.05) is 42.0 Å². The van der Waals surface area contributed by atoms with E-state index in [4.69, 9.17) is 0 Å². The summed E-state index contributed by atoms with van der Waals surface area (Å²) < 4.78 is 39.2. The lowest BCUT2D eigenvalue weighted by atomic mass is 10.00. The largest absolute Gasteiger partial charge is 0.416 e. The van der Waals surface area contributed by atoms with Crippen LogP contribution in [0.5, 0.6) is 0 Å². The van der Waals surface area contributed by atoms with Gasteiger partial charge in [-0.15, -0.1) is 0 Å². The predicted octanol–water partition coefficient (Wildman–Crippen LogP) is 3.73. The van der Waals surface area contributed by atoms with Gasteiger partial charge in [0.25, 0.3) is 5.91 Å². The van der Waals surface area contributed by atoms with E-state index in [0.29, 0.717) is 48.4 Å². The van der Waals surface area contributed by atoms with Crippen LogP contribution in [0, 0.1) is 0 Å². The molecule has 0 radical (unpaired) electrons. The van der Waals surface area contributed by atoms with Crippen LogP contribution in [-0.4, -0.2) is 48.7 Å². The highest BCUT2D eigenvalue weighted by molar-refractivity contribution is 6.00. The number of aliphatic hydroxyl groups is 1. The van der Waals surface area contributed by atoms with E-state index < -0.39 is 29.8 Å². The first-order chi connectivity index (χ1) is 19.6. The fourth-order valence-electron chi connectivity index (χ4n) is 4.99. The highest BCUT2D eigenvalue weighted by atomic mass is 19.4. The van der Waals surface area contributed by atoms with Gasteiger partial charge in [0.15, 0.2) is 0 Å². The summed E-state index contributed by atoms with van der Waals surface area (Å²) in [6, 6.07) is 19.1. The molecule has 0 aliphatic carbocycles. The van der Waals surface area contributed by atoms with Crippen LogP contribution < -0.4 is 20.9 Å². The number of aliphatic hydroxyl groups excluding tert-OH is 1. The third kappa shape index (κ3) is 8.31. The number of hydrogen-bond donors (Lipinski definition) is 4. The highest BCUT2D eigenvalue weighted by Crippen LogP contribution is 2.29. The molecule has 5 N–H and O–H groups in total. The molecule has 0 unspecified atom stereocenters. The Morgan fingerprint density at radius 1 is 1.05 bits per heavy atom. The number of amides is 2. The zero-order chi connectivity index (χ0) is 29.4. The second kappa shape index (κ2) is 13.6. The molecule has 218 valence electrons. The second-order valence-electron chi connectivity index (χ2n) is 10.2. The Labute approximate surface area is 237 Å². The molecule has 1 aliphatic rings. The number of anilines is 2. The molecule has 7 nitrogen and oxygen atoms in total. The quantitative estimate of drug-likeness (QED) is 0.267. The Bertz CT molecular complexity index is 1330. The molecule has 41 heavy (non-hydrogen) atoms. The molecule has 10 heteroatoms. The molecule has 1 fully saturated rings. The molecule has 0 aromatic heterocycles. The number of nitrogens with two attached hydrogens (primary N) is 1. The minimum Gasteiger partial charge on any atom is -0.385 e. The van der Waals surface area contributed by atoms with Gasteiger partial charge in [0.1, 0.15) is 19.2 Å². The first kappa shape index (κ1) is 30.1. The molecule has 0 saturated carbocycles. The van der Waals surface area contributed by atoms with Crippen molar-refractivity contribution in [2.45, 2.75) is 51.1 Å². The molecule has 4 rings (SSSR count). The number of benzene rings is 3. The predicted molar refractivity (Wildman–Crippen MR) is 152 cm³/mol. The lowest BCUT2D eigenvalue weighted by molar-refractivity contribution is -0.676. The first-order valence-electron chi connectivity index (χ1n) is 13.8. The zero-order valence-electron chi connectivity index (χ0n) is 23.0. The van der Waals surface area contributed by atoms with Crippen LogP contribution in [0.15, 0.2) is 72.8 Å². The van der Waals surface area contributed by atoms with Crippen molar-refractivity contribution in [1.82, 2.24) is 5.32 Å². The number of carbonyl (C=O) groups excluding carboxylic acids is 2. The van der Waals surface area contributed by atoms with Crippen molar-refractivity contribution in [3.8, 4) is 0 Å². The van der Waals surface area contributed by atoms with Crippen molar-refractivity contribution >= 4 is 23.2 Å². The van der Waals surface area contributed by atoms with Crippen LogP contribution in [0.2, 0.25) is 0 Å². The van der Waals surface area contributed by atoms with Gasteiger partial charge >= 0.3 is 6.18 Å². The van der Waals surface area contributed by atoms with Gasteiger partial charge in [-0.05, 0) is 55.7 Å². The highest BCUT2D eigenvalue weighted by Gasteiger charge is 2.31. The lowest BCUT2D eigenvalue weighted by Gasteiger charge is -2.24. The Hall–Kier alpha value is -3.89. The number of rotatable bonds is 12. The third-order valence-corrected chi connectivity index (χ3v) is 7.07. The van der Waals surface area contributed by atoms with Crippen LogP contribution >= 0.6 is 0 Å². The monoisotopic (exact) mass is 569 g/mol. The van der Waals surface area contributed by atoms with Crippen LogP contribution in [0.25, 0.3) is 0 Å². The second-order valence-corrected chi connectivity index (χ2v) is 10.2. The van der Waals surface area contributed by atoms with Crippen molar-refractivity contribution in [1.29, 1.82) is 0 Å². The Morgan fingerprint density at radius 3 is 2.49 bits per heavy atom. The number of alkyl halides is 3. The summed E-state index contributed by atoms with van der Waals surface area (Å²) in [6.45, 7) is 3.57. The molecular formula is C31H36F3N4O3+.